The Morgan fingerprint density at radius 1 is 1.09 bits per heavy atom. The average Bonchev–Trinajstić information content (AvgIpc) is 3.10. The number of ketones is 1. The number of Topliss-reactive ketones (excluding diaryl/α,β-unsaturated/α-hetero) is 1. The van der Waals surface area contributed by atoms with Gasteiger partial charge in [0.1, 0.15) is 23.0 Å². The second kappa shape index (κ2) is 10.3. The number of methoxy groups -OCH3 is 2. The lowest BCUT2D eigenvalue weighted by Crippen LogP contribution is -2.29. The van der Waals surface area contributed by atoms with Crippen molar-refractivity contribution >= 4 is 23.7 Å². The van der Waals surface area contributed by atoms with Crippen LogP contribution in [-0.4, -0.2) is 50.1 Å². The lowest BCUT2D eigenvalue weighted by molar-refractivity contribution is -0.137. The SMILES string of the molecule is COc1ccc(C=C2Oc3cc(OCC(=O)NCCCC(=O)O)ccc3C2=O)c(OC)c1. The minimum atomic E-state index is -0.915. The molecule has 0 atom stereocenters. The van der Waals surface area contributed by atoms with E-state index in [1.165, 1.54) is 13.2 Å². The molecule has 1 aliphatic heterocycles. The van der Waals surface area contributed by atoms with Gasteiger partial charge >= 0.3 is 5.97 Å². The summed E-state index contributed by atoms with van der Waals surface area (Å²) in [7, 11) is 3.07. The number of benzene rings is 2. The van der Waals surface area contributed by atoms with Gasteiger partial charge in [-0.05, 0) is 36.8 Å². The molecule has 9 nitrogen and oxygen atoms in total. The first kappa shape index (κ1) is 22.7. The fourth-order valence-electron chi connectivity index (χ4n) is 3.00. The molecular weight excluding hydrogens is 418 g/mol. The first-order chi connectivity index (χ1) is 15.4. The van der Waals surface area contributed by atoms with E-state index in [-0.39, 0.29) is 37.0 Å². The molecule has 0 saturated carbocycles. The van der Waals surface area contributed by atoms with E-state index in [2.05, 4.69) is 5.32 Å². The van der Waals surface area contributed by atoms with E-state index in [1.54, 1.807) is 43.5 Å². The predicted molar refractivity (Wildman–Crippen MR) is 114 cm³/mol. The zero-order valence-corrected chi connectivity index (χ0v) is 17.7. The summed E-state index contributed by atoms with van der Waals surface area (Å²) in [5.41, 5.74) is 1.04. The summed E-state index contributed by atoms with van der Waals surface area (Å²) in [5, 5.41) is 11.2. The zero-order chi connectivity index (χ0) is 23.1. The molecular formula is C23H23NO8. The summed E-state index contributed by atoms with van der Waals surface area (Å²) in [6.07, 6.45) is 1.91. The van der Waals surface area contributed by atoms with Gasteiger partial charge in [0.05, 0.1) is 19.8 Å². The fraction of sp³-hybridized carbons (Fsp3) is 0.261. The molecule has 1 heterocycles. The van der Waals surface area contributed by atoms with Gasteiger partial charge in [0, 0.05) is 30.7 Å². The molecule has 2 aromatic rings. The van der Waals surface area contributed by atoms with Crippen LogP contribution in [0.2, 0.25) is 0 Å². The van der Waals surface area contributed by atoms with Crippen LogP contribution in [-0.2, 0) is 9.59 Å². The number of carboxylic acid groups (broad SMARTS) is 1. The summed E-state index contributed by atoms with van der Waals surface area (Å²) >= 11 is 0. The van der Waals surface area contributed by atoms with Gasteiger partial charge in [0.15, 0.2) is 12.4 Å². The molecule has 1 amide bonds. The van der Waals surface area contributed by atoms with Crippen LogP contribution in [0, 0.1) is 0 Å². The fourth-order valence-corrected chi connectivity index (χ4v) is 3.00. The van der Waals surface area contributed by atoms with Crippen molar-refractivity contribution in [2.45, 2.75) is 12.8 Å². The summed E-state index contributed by atoms with van der Waals surface area (Å²) in [6, 6.07) is 9.90. The summed E-state index contributed by atoms with van der Waals surface area (Å²) in [5.74, 6) is 0.411. The molecule has 0 aromatic heterocycles. The molecule has 1 aliphatic rings. The maximum Gasteiger partial charge on any atom is 0.303 e. The summed E-state index contributed by atoms with van der Waals surface area (Å²) < 4.78 is 21.7. The first-order valence-corrected chi connectivity index (χ1v) is 9.83. The highest BCUT2D eigenvalue weighted by atomic mass is 16.5. The third-order valence-electron chi connectivity index (χ3n) is 4.63. The topological polar surface area (TPSA) is 120 Å². The second-order valence-electron chi connectivity index (χ2n) is 6.84. The van der Waals surface area contributed by atoms with E-state index >= 15 is 0 Å². The van der Waals surface area contributed by atoms with Gasteiger partial charge in [-0.3, -0.25) is 14.4 Å². The molecule has 0 saturated heterocycles. The number of nitrogens with one attached hydrogen (secondary N) is 1. The van der Waals surface area contributed by atoms with Crippen molar-refractivity contribution < 1.29 is 38.4 Å². The molecule has 9 heteroatoms. The molecule has 2 N–H and O–H groups in total. The number of hydrogen-bond acceptors (Lipinski definition) is 7. The number of hydrogen-bond donors (Lipinski definition) is 2. The molecule has 0 radical (unpaired) electrons. The van der Waals surface area contributed by atoms with Gasteiger partial charge < -0.3 is 29.4 Å². The molecule has 32 heavy (non-hydrogen) atoms. The number of aliphatic carboxylic acids is 1. The molecule has 0 unspecified atom stereocenters. The standard InChI is InChI=1S/C23H23NO8/c1-29-15-6-5-14(18(11-15)30-2)10-20-23(28)17-8-7-16(12-19(17)32-20)31-13-21(25)24-9-3-4-22(26)27/h5-8,10-12H,3-4,9,13H2,1-2H3,(H,24,25)(H,26,27). The van der Waals surface area contributed by atoms with Crippen molar-refractivity contribution in [3.63, 3.8) is 0 Å². The van der Waals surface area contributed by atoms with Crippen LogP contribution in [0.4, 0.5) is 0 Å². The van der Waals surface area contributed by atoms with Gasteiger partial charge in [0.25, 0.3) is 5.91 Å². The van der Waals surface area contributed by atoms with Crippen molar-refractivity contribution in [3.05, 3.63) is 53.3 Å². The van der Waals surface area contributed by atoms with Crippen molar-refractivity contribution in [1.82, 2.24) is 5.32 Å². The van der Waals surface area contributed by atoms with Crippen LogP contribution in [0.1, 0.15) is 28.8 Å². The van der Waals surface area contributed by atoms with Gasteiger partial charge in [-0.25, -0.2) is 0 Å². The Balaban J connectivity index is 1.63. The van der Waals surface area contributed by atoms with Crippen molar-refractivity contribution in [2.24, 2.45) is 0 Å². The predicted octanol–water partition coefficient (Wildman–Crippen LogP) is 2.68. The largest absolute Gasteiger partial charge is 0.497 e. The highest BCUT2D eigenvalue weighted by Crippen LogP contribution is 2.36. The average molecular weight is 441 g/mol. The number of carbonyl (C=O) groups is 3. The minimum absolute atomic E-state index is 0.0183. The quantitative estimate of drug-likeness (QED) is 0.427. The van der Waals surface area contributed by atoms with E-state index in [4.69, 9.17) is 24.1 Å². The number of allylic oxidation sites excluding steroid dienone is 1. The number of amides is 1. The van der Waals surface area contributed by atoms with Gasteiger partial charge in [-0.2, -0.15) is 0 Å². The van der Waals surface area contributed by atoms with Crippen molar-refractivity contribution in [2.75, 3.05) is 27.4 Å². The van der Waals surface area contributed by atoms with Gasteiger partial charge in [0.2, 0.25) is 5.78 Å². The van der Waals surface area contributed by atoms with Crippen LogP contribution in [0.5, 0.6) is 23.0 Å². The number of carbonyl (C=O) groups excluding carboxylic acids is 2. The second-order valence-corrected chi connectivity index (χ2v) is 6.84. The lowest BCUT2D eigenvalue weighted by Gasteiger charge is -2.08. The Kier molecular flexibility index (Phi) is 7.33. The molecule has 0 aliphatic carbocycles. The van der Waals surface area contributed by atoms with Crippen molar-refractivity contribution in [1.29, 1.82) is 0 Å². The van der Waals surface area contributed by atoms with E-state index < -0.39 is 5.97 Å². The molecule has 3 rings (SSSR count). The number of fused-ring (bicyclic) bond motifs is 1. The monoisotopic (exact) mass is 441 g/mol. The maximum absolute atomic E-state index is 12.7. The van der Waals surface area contributed by atoms with Gasteiger partial charge in [-0.1, -0.05) is 0 Å². The minimum Gasteiger partial charge on any atom is -0.497 e. The number of carboxylic acids is 1. The van der Waals surface area contributed by atoms with Crippen LogP contribution in [0.15, 0.2) is 42.2 Å². The summed E-state index contributed by atoms with van der Waals surface area (Å²) in [6.45, 7) is 0.00478. The van der Waals surface area contributed by atoms with Crippen LogP contribution >= 0.6 is 0 Å². The molecule has 0 fully saturated rings. The highest BCUT2D eigenvalue weighted by Gasteiger charge is 2.28. The number of ether oxygens (including phenoxy) is 4. The maximum atomic E-state index is 12.7. The molecule has 0 bridgehead atoms. The third-order valence-corrected chi connectivity index (χ3v) is 4.63. The smallest absolute Gasteiger partial charge is 0.303 e. The Labute approximate surface area is 184 Å². The van der Waals surface area contributed by atoms with Crippen LogP contribution in [0.25, 0.3) is 6.08 Å². The van der Waals surface area contributed by atoms with E-state index in [0.717, 1.165) is 0 Å². The van der Waals surface area contributed by atoms with E-state index in [0.29, 0.717) is 40.5 Å². The Morgan fingerprint density at radius 2 is 1.88 bits per heavy atom. The van der Waals surface area contributed by atoms with E-state index in [1.807, 2.05) is 0 Å². The van der Waals surface area contributed by atoms with E-state index in [9.17, 15) is 14.4 Å². The number of rotatable bonds is 10. The van der Waals surface area contributed by atoms with Crippen LogP contribution in [0.3, 0.4) is 0 Å². The lowest BCUT2D eigenvalue weighted by atomic mass is 10.1. The molecule has 168 valence electrons. The Morgan fingerprint density at radius 3 is 2.59 bits per heavy atom. The van der Waals surface area contributed by atoms with Crippen LogP contribution < -0.4 is 24.3 Å². The Bertz CT molecular complexity index is 1060. The third kappa shape index (κ3) is 5.57. The highest BCUT2D eigenvalue weighted by molar-refractivity contribution is 6.14. The van der Waals surface area contributed by atoms with Crippen molar-refractivity contribution in [3.8, 4) is 23.0 Å². The van der Waals surface area contributed by atoms with Gasteiger partial charge in [-0.15, -0.1) is 0 Å². The first-order valence-electron chi connectivity index (χ1n) is 9.83. The molecule has 0 spiro atoms. The molecule has 2 aromatic carbocycles. The summed E-state index contributed by atoms with van der Waals surface area (Å²) in [4.78, 5) is 35.0. The normalized spacial score (nSPS) is 13.3. The Hall–Kier alpha value is -4.01. The zero-order valence-electron chi connectivity index (χ0n) is 17.7.